The first-order valence-corrected chi connectivity index (χ1v) is 3.23. The predicted octanol–water partition coefficient (Wildman–Crippen LogP) is 1.13. The zero-order valence-electron chi connectivity index (χ0n) is 5.28. The fourth-order valence-corrected chi connectivity index (χ4v) is 0.899. The van der Waals surface area contributed by atoms with Gasteiger partial charge in [0.05, 0.1) is 6.21 Å². The summed E-state index contributed by atoms with van der Waals surface area (Å²) in [7, 11) is 0. The molecule has 60 valence electrons. The number of dihydropyridines is 1. The summed E-state index contributed by atoms with van der Waals surface area (Å²) in [6.45, 7) is 0. The Hall–Kier alpha value is -0.970. The van der Waals surface area contributed by atoms with Gasteiger partial charge in [0.1, 0.15) is 5.83 Å². The molecule has 6 heteroatoms. The maximum atomic E-state index is 12.3. The van der Waals surface area contributed by atoms with Crippen LogP contribution in [0.5, 0.6) is 0 Å². The molecule has 0 spiro atoms. The number of halogens is 2. The van der Waals surface area contributed by atoms with Gasteiger partial charge in [0.2, 0.25) is 0 Å². The molecule has 0 bridgehead atoms. The van der Waals surface area contributed by atoms with E-state index in [1.807, 2.05) is 0 Å². The van der Waals surface area contributed by atoms with Gasteiger partial charge in [-0.05, 0) is 0 Å². The van der Waals surface area contributed by atoms with Crippen LogP contribution in [-0.2, 0) is 0 Å². The van der Waals surface area contributed by atoms with Crippen molar-refractivity contribution in [2.24, 2.45) is 4.99 Å². The molecule has 0 aromatic rings. The van der Waals surface area contributed by atoms with Gasteiger partial charge in [-0.2, -0.15) is 0 Å². The lowest BCUT2D eigenvalue weighted by Crippen LogP contribution is -2.29. The van der Waals surface area contributed by atoms with Crippen LogP contribution in [0, 0.1) is 10.1 Å². The number of rotatable bonds is 1. The highest BCUT2D eigenvalue weighted by molar-refractivity contribution is 6.21. The van der Waals surface area contributed by atoms with E-state index in [2.05, 4.69) is 4.99 Å². The Kier molecular flexibility index (Phi) is 2.19. The van der Waals surface area contributed by atoms with Crippen LogP contribution in [0.25, 0.3) is 0 Å². The van der Waals surface area contributed by atoms with Gasteiger partial charge in [-0.1, -0.05) is 11.6 Å². The quantitative estimate of drug-likeness (QED) is 0.262. The summed E-state index contributed by atoms with van der Waals surface area (Å²) in [4.78, 5) is 12.8. The standard InChI is InChI=1S/C5H4ClFN2O2/c6-5-4(9(10)11)1-3(7)2-8-5/h1-2,4-5H. The molecule has 1 rings (SSSR count). The number of aliphatic imine (C=N–C) groups is 1. The van der Waals surface area contributed by atoms with Crippen molar-refractivity contribution in [2.75, 3.05) is 0 Å². The number of hydrogen-bond acceptors (Lipinski definition) is 3. The minimum Gasteiger partial charge on any atom is -0.264 e. The highest BCUT2D eigenvalue weighted by atomic mass is 35.5. The molecule has 1 aliphatic heterocycles. The molecule has 0 fully saturated rings. The summed E-state index contributed by atoms with van der Waals surface area (Å²) < 4.78 is 12.3. The zero-order valence-corrected chi connectivity index (χ0v) is 6.03. The van der Waals surface area contributed by atoms with E-state index in [1.165, 1.54) is 0 Å². The van der Waals surface area contributed by atoms with Crippen LogP contribution >= 0.6 is 11.6 Å². The Morgan fingerprint density at radius 3 is 2.91 bits per heavy atom. The Labute approximate surface area is 66.5 Å². The first-order chi connectivity index (χ1) is 5.11. The Bertz CT molecular complexity index is 241. The number of nitro groups is 1. The van der Waals surface area contributed by atoms with Crippen molar-refractivity contribution in [2.45, 2.75) is 11.5 Å². The van der Waals surface area contributed by atoms with E-state index in [1.54, 1.807) is 0 Å². The first-order valence-electron chi connectivity index (χ1n) is 2.79. The molecule has 0 N–H and O–H groups in total. The van der Waals surface area contributed by atoms with E-state index >= 15 is 0 Å². The SMILES string of the molecule is O=[N+]([O-])C1C=C(F)C=NC1Cl. The average Bonchev–Trinajstić information content (AvgIpc) is 1.94. The second-order valence-electron chi connectivity index (χ2n) is 1.98. The zero-order chi connectivity index (χ0) is 8.43. The molecule has 0 amide bonds. The molecular weight excluding hydrogens is 175 g/mol. The molecule has 0 aromatic heterocycles. The molecule has 1 heterocycles. The fourth-order valence-electron chi connectivity index (χ4n) is 0.677. The normalized spacial score (nSPS) is 29.8. The molecule has 0 aliphatic carbocycles. The Morgan fingerprint density at radius 1 is 1.82 bits per heavy atom. The summed E-state index contributed by atoms with van der Waals surface area (Å²) in [6.07, 6.45) is 1.71. The number of allylic oxidation sites excluding steroid dienone is 1. The molecule has 0 aromatic carbocycles. The van der Waals surface area contributed by atoms with Crippen LogP contribution in [-0.4, -0.2) is 22.7 Å². The molecule has 0 radical (unpaired) electrons. The van der Waals surface area contributed by atoms with Crippen molar-refractivity contribution in [3.8, 4) is 0 Å². The number of nitrogens with zero attached hydrogens (tertiary/aromatic N) is 2. The van der Waals surface area contributed by atoms with Gasteiger partial charge < -0.3 is 0 Å². The lowest BCUT2D eigenvalue weighted by atomic mass is 10.2. The van der Waals surface area contributed by atoms with E-state index in [0.29, 0.717) is 0 Å². The van der Waals surface area contributed by atoms with Gasteiger partial charge in [0, 0.05) is 11.0 Å². The lowest BCUT2D eigenvalue weighted by molar-refractivity contribution is -0.509. The molecule has 11 heavy (non-hydrogen) atoms. The third kappa shape index (κ3) is 1.74. The maximum absolute atomic E-state index is 12.3. The highest BCUT2D eigenvalue weighted by Crippen LogP contribution is 2.15. The van der Waals surface area contributed by atoms with E-state index < -0.39 is 22.3 Å². The Balaban J connectivity index is 2.81. The second-order valence-corrected chi connectivity index (χ2v) is 2.43. The minimum atomic E-state index is -1.25. The van der Waals surface area contributed by atoms with Crippen LogP contribution in [0.1, 0.15) is 0 Å². The number of hydrogen-bond donors (Lipinski definition) is 0. The van der Waals surface area contributed by atoms with Gasteiger partial charge in [-0.3, -0.25) is 15.1 Å². The van der Waals surface area contributed by atoms with E-state index in [4.69, 9.17) is 11.6 Å². The molecule has 2 unspecified atom stereocenters. The van der Waals surface area contributed by atoms with E-state index in [0.717, 1.165) is 12.3 Å². The summed E-state index contributed by atoms with van der Waals surface area (Å²) in [5.74, 6) is -0.719. The van der Waals surface area contributed by atoms with Crippen LogP contribution in [0.4, 0.5) is 4.39 Å². The van der Waals surface area contributed by atoms with Crippen molar-refractivity contribution in [1.82, 2.24) is 0 Å². The van der Waals surface area contributed by atoms with Gasteiger partial charge in [-0.15, -0.1) is 0 Å². The summed E-state index contributed by atoms with van der Waals surface area (Å²) in [6, 6.07) is -1.25. The van der Waals surface area contributed by atoms with Crippen LogP contribution in [0.15, 0.2) is 16.9 Å². The molecule has 0 saturated carbocycles. The van der Waals surface area contributed by atoms with Gasteiger partial charge >= 0.3 is 0 Å². The van der Waals surface area contributed by atoms with Gasteiger partial charge in [0.15, 0.2) is 5.50 Å². The van der Waals surface area contributed by atoms with Crippen molar-refractivity contribution in [3.63, 3.8) is 0 Å². The van der Waals surface area contributed by atoms with Crippen LogP contribution < -0.4 is 0 Å². The summed E-state index contributed by atoms with van der Waals surface area (Å²) in [5, 5.41) is 10.1. The average molecular weight is 179 g/mol. The molecule has 2 atom stereocenters. The fraction of sp³-hybridized carbons (Fsp3) is 0.400. The second kappa shape index (κ2) is 2.96. The van der Waals surface area contributed by atoms with Crippen LogP contribution in [0.3, 0.4) is 0 Å². The van der Waals surface area contributed by atoms with E-state index in [9.17, 15) is 14.5 Å². The summed E-state index contributed by atoms with van der Waals surface area (Å²) >= 11 is 5.39. The molecule has 0 saturated heterocycles. The van der Waals surface area contributed by atoms with Gasteiger partial charge in [0.25, 0.3) is 6.04 Å². The number of alkyl halides is 1. The first kappa shape index (κ1) is 8.13. The van der Waals surface area contributed by atoms with Crippen molar-refractivity contribution >= 4 is 17.8 Å². The molecule has 4 nitrogen and oxygen atoms in total. The highest BCUT2D eigenvalue weighted by Gasteiger charge is 2.29. The monoisotopic (exact) mass is 178 g/mol. The van der Waals surface area contributed by atoms with Crippen molar-refractivity contribution in [3.05, 3.63) is 22.0 Å². The van der Waals surface area contributed by atoms with Crippen molar-refractivity contribution < 1.29 is 9.31 Å². The third-order valence-electron chi connectivity index (χ3n) is 1.20. The van der Waals surface area contributed by atoms with Crippen LogP contribution in [0.2, 0.25) is 0 Å². The predicted molar refractivity (Wildman–Crippen MR) is 38.1 cm³/mol. The third-order valence-corrected chi connectivity index (χ3v) is 1.57. The lowest BCUT2D eigenvalue weighted by Gasteiger charge is -2.10. The molecule has 1 aliphatic rings. The van der Waals surface area contributed by atoms with Gasteiger partial charge in [-0.25, -0.2) is 4.39 Å². The summed E-state index contributed by atoms with van der Waals surface area (Å²) in [5.41, 5.74) is -0.996. The largest absolute Gasteiger partial charge is 0.270 e. The Morgan fingerprint density at radius 2 is 2.45 bits per heavy atom. The minimum absolute atomic E-state index is 0.673. The topological polar surface area (TPSA) is 55.5 Å². The maximum Gasteiger partial charge on any atom is 0.270 e. The molecular formula is C5H4ClFN2O2. The van der Waals surface area contributed by atoms with E-state index in [-0.39, 0.29) is 0 Å². The van der Waals surface area contributed by atoms with Crippen molar-refractivity contribution in [1.29, 1.82) is 0 Å². The smallest absolute Gasteiger partial charge is 0.264 e.